The van der Waals surface area contributed by atoms with Crippen LogP contribution in [0.1, 0.15) is 38.4 Å². The summed E-state index contributed by atoms with van der Waals surface area (Å²) in [7, 11) is 0. The summed E-state index contributed by atoms with van der Waals surface area (Å²) < 4.78 is 0. The first-order chi connectivity index (χ1) is 10.7. The fourth-order valence-corrected chi connectivity index (χ4v) is 3.11. The van der Waals surface area contributed by atoms with Crippen molar-refractivity contribution < 1.29 is 0 Å². The summed E-state index contributed by atoms with van der Waals surface area (Å²) in [4.78, 5) is 11.5. The molecule has 2 aromatic rings. The molecule has 0 bridgehead atoms. The summed E-state index contributed by atoms with van der Waals surface area (Å²) in [6, 6.07) is 10.6. The fraction of sp³-hybridized carbons (Fsp3) is 0.444. The molecule has 0 aromatic carbocycles. The first kappa shape index (κ1) is 15.0. The van der Waals surface area contributed by atoms with Crippen LogP contribution in [0.15, 0.2) is 42.7 Å². The minimum absolute atomic E-state index is 0.478. The minimum atomic E-state index is 0.478. The first-order valence-electron chi connectivity index (χ1n) is 8.10. The van der Waals surface area contributed by atoms with Crippen molar-refractivity contribution in [3.05, 3.63) is 48.4 Å². The number of likely N-dealkylation sites (tertiary alicyclic amines) is 1. The van der Waals surface area contributed by atoms with Crippen LogP contribution in [0.4, 0.5) is 11.5 Å². The number of hydrogen-bond donors (Lipinski definition) is 1. The summed E-state index contributed by atoms with van der Waals surface area (Å²) in [5.74, 6) is 1.55. The molecular weight excluding hydrogens is 272 g/mol. The maximum atomic E-state index is 4.68. The van der Waals surface area contributed by atoms with Gasteiger partial charge in [-0.3, -0.25) is 9.88 Å². The zero-order chi connectivity index (χ0) is 15.4. The summed E-state index contributed by atoms with van der Waals surface area (Å²) in [5, 5.41) is 3.28. The molecule has 3 rings (SSSR count). The second-order valence-electron chi connectivity index (χ2n) is 6.36. The van der Waals surface area contributed by atoms with Crippen molar-refractivity contribution in [2.24, 2.45) is 5.92 Å². The molecule has 4 nitrogen and oxygen atoms in total. The zero-order valence-electron chi connectivity index (χ0n) is 13.4. The molecule has 4 heteroatoms. The molecule has 1 N–H and O–H groups in total. The highest BCUT2D eigenvalue weighted by Crippen LogP contribution is 2.31. The molecule has 1 fully saturated rings. The van der Waals surface area contributed by atoms with E-state index in [1.807, 2.05) is 24.4 Å². The van der Waals surface area contributed by atoms with Crippen molar-refractivity contribution in [3.63, 3.8) is 0 Å². The van der Waals surface area contributed by atoms with E-state index in [2.05, 4.69) is 46.2 Å². The normalized spacial score (nSPS) is 18.8. The first-order valence-corrected chi connectivity index (χ1v) is 8.10. The van der Waals surface area contributed by atoms with Crippen LogP contribution >= 0.6 is 0 Å². The Morgan fingerprint density at radius 2 is 2.14 bits per heavy atom. The van der Waals surface area contributed by atoms with Gasteiger partial charge in [-0.2, -0.15) is 0 Å². The Morgan fingerprint density at radius 3 is 2.82 bits per heavy atom. The second-order valence-corrected chi connectivity index (χ2v) is 6.36. The van der Waals surface area contributed by atoms with Gasteiger partial charge < -0.3 is 5.32 Å². The highest BCUT2D eigenvalue weighted by Gasteiger charge is 2.27. The lowest BCUT2D eigenvalue weighted by atomic mass is 10.1. The number of hydrogen-bond acceptors (Lipinski definition) is 4. The Bertz CT molecular complexity index is 580. The van der Waals surface area contributed by atoms with Crippen LogP contribution in [0, 0.1) is 5.92 Å². The van der Waals surface area contributed by atoms with Gasteiger partial charge in [-0.15, -0.1) is 0 Å². The third kappa shape index (κ3) is 3.63. The van der Waals surface area contributed by atoms with Crippen molar-refractivity contribution in [2.75, 3.05) is 18.4 Å². The van der Waals surface area contributed by atoms with Crippen LogP contribution < -0.4 is 5.32 Å². The van der Waals surface area contributed by atoms with E-state index in [4.69, 9.17) is 0 Å². The quantitative estimate of drug-likeness (QED) is 0.905. The van der Waals surface area contributed by atoms with Gasteiger partial charge in [-0.25, -0.2) is 4.98 Å². The number of nitrogens with one attached hydrogen (secondary N) is 1. The van der Waals surface area contributed by atoms with Gasteiger partial charge in [0.2, 0.25) is 0 Å². The SMILES string of the molecule is CC(C)CN1CCCC1c1ccc(Nc2ccccn2)cn1. The molecule has 0 spiro atoms. The Balaban J connectivity index is 1.68. The number of aromatic nitrogens is 2. The van der Waals surface area contributed by atoms with Gasteiger partial charge in [0, 0.05) is 12.7 Å². The largest absolute Gasteiger partial charge is 0.339 e. The molecule has 0 saturated carbocycles. The van der Waals surface area contributed by atoms with E-state index in [9.17, 15) is 0 Å². The van der Waals surface area contributed by atoms with E-state index in [0.29, 0.717) is 12.0 Å². The molecule has 1 atom stereocenters. The lowest BCUT2D eigenvalue weighted by Gasteiger charge is -2.25. The third-order valence-electron chi connectivity index (χ3n) is 4.03. The average Bonchev–Trinajstić information content (AvgIpc) is 2.96. The van der Waals surface area contributed by atoms with Gasteiger partial charge in [0.15, 0.2) is 0 Å². The van der Waals surface area contributed by atoms with E-state index in [0.717, 1.165) is 18.1 Å². The predicted octanol–water partition coefficient (Wildman–Crippen LogP) is 4.01. The molecule has 3 heterocycles. The molecule has 1 saturated heterocycles. The standard InChI is InChI=1S/C18H24N4/c1-14(2)13-22-11-5-6-17(22)16-9-8-15(12-20-16)21-18-7-3-4-10-19-18/h3-4,7-10,12,14,17H,5-6,11,13H2,1-2H3,(H,19,21). The van der Waals surface area contributed by atoms with Crippen molar-refractivity contribution in [1.29, 1.82) is 0 Å². The lowest BCUT2D eigenvalue weighted by Crippen LogP contribution is -2.27. The Kier molecular flexibility index (Phi) is 4.68. The van der Waals surface area contributed by atoms with Crippen LogP contribution in [0.2, 0.25) is 0 Å². The lowest BCUT2D eigenvalue weighted by molar-refractivity contribution is 0.225. The van der Waals surface area contributed by atoms with Gasteiger partial charge >= 0.3 is 0 Å². The van der Waals surface area contributed by atoms with E-state index >= 15 is 0 Å². The van der Waals surface area contributed by atoms with Crippen LogP contribution in [-0.4, -0.2) is 28.0 Å². The fourth-order valence-electron chi connectivity index (χ4n) is 3.11. The molecule has 1 aliphatic rings. The smallest absolute Gasteiger partial charge is 0.130 e. The molecular formula is C18H24N4. The van der Waals surface area contributed by atoms with E-state index < -0.39 is 0 Å². The summed E-state index contributed by atoms with van der Waals surface area (Å²) in [6.45, 7) is 6.91. The Labute approximate surface area is 132 Å². The highest BCUT2D eigenvalue weighted by molar-refractivity contribution is 5.54. The van der Waals surface area contributed by atoms with Gasteiger partial charge in [0.25, 0.3) is 0 Å². The number of anilines is 2. The second kappa shape index (κ2) is 6.88. The molecule has 1 unspecified atom stereocenters. The summed E-state index contributed by atoms with van der Waals surface area (Å²) in [5.41, 5.74) is 2.17. The van der Waals surface area contributed by atoms with Gasteiger partial charge in [0.1, 0.15) is 5.82 Å². The summed E-state index contributed by atoms with van der Waals surface area (Å²) in [6.07, 6.45) is 6.18. The van der Waals surface area contributed by atoms with E-state index in [1.165, 1.54) is 25.1 Å². The summed E-state index contributed by atoms with van der Waals surface area (Å²) >= 11 is 0. The van der Waals surface area contributed by atoms with Crippen LogP contribution in [-0.2, 0) is 0 Å². The van der Waals surface area contributed by atoms with Crippen LogP contribution in [0.3, 0.4) is 0 Å². The minimum Gasteiger partial charge on any atom is -0.339 e. The predicted molar refractivity (Wildman–Crippen MR) is 90.1 cm³/mol. The van der Waals surface area contributed by atoms with Gasteiger partial charge in [0.05, 0.1) is 23.6 Å². The van der Waals surface area contributed by atoms with Gasteiger partial charge in [-0.1, -0.05) is 19.9 Å². The number of rotatable bonds is 5. The molecule has 22 heavy (non-hydrogen) atoms. The van der Waals surface area contributed by atoms with Crippen molar-refractivity contribution in [2.45, 2.75) is 32.7 Å². The monoisotopic (exact) mass is 296 g/mol. The van der Waals surface area contributed by atoms with Crippen LogP contribution in [0.5, 0.6) is 0 Å². The van der Waals surface area contributed by atoms with Crippen molar-refractivity contribution in [1.82, 2.24) is 14.9 Å². The molecule has 1 aliphatic heterocycles. The van der Waals surface area contributed by atoms with Crippen LogP contribution in [0.25, 0.3) is 0 Å². The number of pyridine rings is 2. The maximum absolute atomic E-state index is 4.68. The van der Waals surface area contributed by atoms with Crippen molar-refractivity contribution in [3.8, 4) is 0 Å². The maximum Gasteiger partial charge on any atom is 0.130 e. The Morgan fingerprint density at radius 1 is 1.23 bits per heavy atom. The molecule has 0 radical (unpaired) electrons. The molecule has 2 aromatic heterocycles. The highest BCUT2D eigenvalue weighted by atomic mass is 15.2. The molecule has 0 aliphatic carbocycles. The van der Waals surface area contributed by atoms with Crippen molar-refractivity contribution >= 4 is 11.5 Å². The topological polar surface area (TPSA) is 41.0 Å². The Hall–Kier alpha value is -1.94. The zero-order valence-corrected chi connectivity index (χ0v) is 13.4. The van der Waals surface area contributed by atoms with Gasteiger partial charge in [-0.05, 0) is 49.6 Å². The van der Waals surface area contributed by atoms with E-state index in [-0.39, 0.29) is 0 Å². The molecule has 116 valence electrons. The average molecular weight is 296 g/mol. The third-order valence-corrected chi connectivity index (χ3v) is 4.03. The van der Waals surface area contributed by atoms with E-state index in [1.54, 1.807) is 6.20 Å². The molecule has 0 amide bonds. The number of nitrogens with zero attached hydrogens (tertiary/aromatic N) is 3.